The molecule has 0 atom stereocenters. The molecule has 90 valence electrons. The minimum atomic E-state index is -0.985. The second-order valence-corrected chi connectivity index (χ2v) is 4.25. The van der Waals surface area contributed by atoms with Crippen molar-refractivity contribution in [2.24, 2.45) is 5.92 Å². The molecule has 0 bridgehead atoms. The van der Waals surface area contributed by atoms with Crippen LogP contribution in [-0.4, -0.2) is 23.5 Å². The maximum atomic E-state index is 11.5. The number of carboxylic acid groups (broad SMARTS) is 1. The van der Waals surface area contributed by atoms with Crippen LogP contribution in [-0.2, 0) is 9.59 Å². The monoisotopic (exact) mass is 225 g/mol. The van der Waals surface area contributed by atoms with E-state index in [1.54, 1.807) is 0 Å². The van der Waals surface area contributed by atoms with E-state index in [1.165, 1.54) is 25.3 Å². The predicted molar refractivity (Wildman–Crippen MR) is 61.0 cm³/mol. The SMILES string of the molecule is O=C(O)/C=C\CNC(=O)CC1CCCCC1. The molecule has 0 spiro atoms. The lowest BCUT2D eigenvalue weighted by molar-refractivity contribution is -0.131. The zero-order valence-electron chi connectivity index (χ0n) is 9.45. The van der Waals surface area contributed by atoms with Crippen molar-refractivity contribution in [3.63, 3.8) is 0 Å². The molecule has 4 nitrogen and oxygen atoms in total. The topological polar surface area (TPSA) is 66.4 Å². The van der Waals surface area contributed by atoms with Gasteiger partial charge in [0.1, 0.15) is 0 Å². The van der Waals surface area contributed by atoms with Crippen molar-refractivity contribution in [3.05, 3.63) is 12.2 Å². The van der Waals surface area contributed by atoms with E-state index in [9.17, 15) is 9.59 Å². The van der Waals surface area contributed by atoms with Gasteiger partial charge in [-0.15, -0.1) is 0 Å². The number of rotatable bonds is 5. The Morgan fingerprint density at radius 1 is 1.25 bits per heavy atom. The molecule has 2 N–H and O–H groups in total. The van der Waals surface area contributed by atoms with Gasteiger partial charge in [0.05, 0.1) is 0 Å². The van der Waals surface area contributed by atoms with Crippen molar-refractivity contribution in [1.82, 2.24) is 5.32 Å². The number of aliphatic carboxylic acids is 1. The van der Waals surface area contributed by atoms with Gasteiger partial charge in [0.15, 0.2) is 0 Å². The molecule has 0 aromatic carbocycles. The number of carbonyl (C=O) groups excluding carboxylic acids is 1. The van der Waals surface area contributed by atoms with Crippen LogP contribution in [0.1, 0.15) is 38.5 Å². The summed E-state index contributed by atoms with van der Waals surface area (Å²) < 4.78 is 0. The molecule has 0 radical (unpaired) electrons. The van der Waals surface area contributed by atoms with Crippen LogP contribution in [0.5, 0.6) is 0 Å². The van der Waals surface area contributed by atoms with E-state index in [-0.39, 0.29) is 5.91 Å². The number of amides is 1. The highest BCUT2D eigenvalue weighted by molar-refractivity contribution is 5.80. The third-order valence-electron chi connectivity index (χ3n) is 2.88. The number of hydrogen-bond donors (Lipinski definition) is 2. The minimum Gasteiger partial charge on any atom is -0.478 e. The van der Waals surface area contributed by atoms with Gasteiger partial charge < -0.3 is 10.4 Å². The van der Waals surface area contributed by atoms with Crippen LogP contribution in [0.2, 0.25) is 0 Å². The van der Waals surface area contributed by atoms with Gasteiger partial charge in [-0.25, -0.2) is 4.79 Å². The maximum absolute atomic E-state index is 11.5. The molecule has 1 amide bonds. The summed E-state index contributed by atoms with van der Waals surface area (Å²) in [6.07, 6.45) is 9.13. The minimum absolute atomic E-state index is 0.0296. The average molecular weight is 225 g/mol. The molecule has 0 aromatic heterocycles. The molecule has 1 aliphatic rings. The Labute approximate surface area is 95.7 Å². The molecule has 0 aliphatic heterocycles. The number of nitrogens with one attached hydrogen (secondary N) is 1. The van der Waals surface area contributed by atoms with Gasteiger partial charge in [0.2, 0.25) is 5.91 Å². The Bertz CT molecular complexity index is 267. The van der Waals surface area contributed by atoms with Crippen LogP contribution >= 0.6 is 0 Å². The number of carboxylic acids is 1. The molecular formula is C12H19NO3. The van der Waals surface area contributed by atoms with Crippen LogP contribution in [0.3, 0.4) is 0 Å². The van der Waals surface area contributed by atoms with Crippen molar-refractivity contribution in [2.75, 3.05) is 6.54 Å². The zero-order chi connectivity index (χ0) is 11.8. The largest absolute Gasteiger partial charge is 0.478 e. The first-order valence-corrected chi connectivity index (χ1v) is 5.84. The Morgan fingerprint density at radius 3 is 2.56 bits per heavy atom. The molecule has 0 unspecified atom stereocenters. The summed E-state index contributed by atoms with van der Waals surface area (Å²) in [5, 5.41) is 11.0. The lowest BCUT2D eigenvalue weighted by atomic mass is 9.87. The van der Waals surface area contributed by atoms with Crippen molar-refractivity contribution < 1.29 is 14.7 Å². The standard InChI is InChI=1S/C12H19NO3/c14-11(13-8-4-7-12(15)16)9-10-5-2-1-3-6-10/h4,7,10H,1-3,5-6,8-9H2,(H,13,14)(H,15,16)/b7-4-. The fourth-order valence-corrected chi connectivity index (χ4v) is 2.06. The fraction of sp³-hybridized carbons (Fsp3) is 0.667. The third-order valence-corrected chi connectivity index (χ3v) is 2.88. The van der Waals surface area contributed by atoms with Gasteiger partial charge >= 0.3 is 5.97 Å². The van der Waals surface area contributed by atoms with Gasteiger partial charge in [-0.2, -0.15) is 0 Å². The summed E-state index contributed by atoms with van der Waals surface area (Å²) in [6, 6.07) is 0. The van der Waals surface area contributed by atoms with Crippen LogP contribution in [0, 0.1) is 5.92 Å². The van der Waals surface area contributed by atoms with Crippen LogP contribution in [0.25, 0.3) is 0 Å². The normalized spacial score (nSPS) is 17.5. The van der Waals surface area contributed by atoms with E-state index in [0.29, 0.717) is 18.9 Å². The van der Waals surface area contributed by atoms with E-state index in [1.807, 2.05) is 0 Å². The number of carbonyl (C=O) groups is 2. The van der Waals surface area contributed by atoms with Gasteiger partial charge in [0.25, 0.3) is 0 Å². The molecule has 16 heavy (non-hydrogen) atoms. The van der Waals surface area contributed by atoms with E-state index < -0.39 is 5.97 Å². The van der Waals surface area contributed by atoms with Crippen molar-refractivity contribution in [2.45, 2.75) is 38.5 Å². The molecule has 1 rings (SSSR count). The van der Waals surface area contributed by atoms with E-state index >= 15 is 0 Å². The molecule has 1 fully saturated rings. The molecule has 1 aliphatic carbocycles. The van der Waals surface area contributed by atoms with E-state index in [4.69, 9.17) is 5.11 Å². The highest BCUT2D eigenvalue weighted by Gasteiger charge is 2.16. The first kappa shape index (κ1) is 12.7. The maximum Gasteiger partial charge on any atom is 0.328 e. The summed E-state index contributed by atoms with van der Waals surface area (Å²) >= 11 is 0. The first-order valence-electron chi connectivity index (χ1n) is 5.84. The quantitative estimate of drug-likeness (QED) is 0.700. The number of hydrogen-bond acceptors (Lipinski definition) is 2. The summed E-state index contributed by atoms with van der Waals surface area (Å²) in [6.45, 7) is 0.303. The van der Waals surface area contributed by atoms with E-state index in [0.717, 1.165) is 18.9 Å². The fourth-order valence-electron chi connectivity index (χ4n) is 2.06. The highest BCUT2D eigenvalue weighted by atomic mass is 16.4. The smallest absolute Gasteiger partial charge is 0.328 e. The van der Waals surface area contributed by atoms with Gasteiger partial charge in [0, 0.05) is 19.0 Å². The first-order chi connectivity index (χ1) is 7.68. The van der Waals surface area contributed by atoms with Crippen LogP contribution < -0.4 is 5.32 Å². The van der Waals surface area contributed by atoms with Crippen molar-refractivity contribution in [3.8, 4) is 0 Å². The Balaban J connectivity index is 2.12. The second kappa shape index (κ2) is 7.04. The summed E-state index contributed by atoms with van der Waals surface area (Å²) in [5.41, 5.74) is 0. The van der Waals surface area contributed by atoms with Crippen molar-refractivity contribution >= 4 is 11.9 Å². The third kappa shape index (κ3) is 5.53. The molecule has 0 heterocycles. The van der Waals surface area contributed by atoms with Gasteiger partial charge in [-0.3, -0.25) is 4.79 Å². The summed E-state index contributed by atoms with van der Waals surface area (Å²) in [7, 11) is 0. The van der Waals surface area contributed by atoms with E-state index in [2.05, 4.69) is 5.32 Å². The molecule has 0 aromatic rings. The van der Waals surface area contributed by atoms with Crippen LogP contribution in [0.15, 0.2) is 12.2 Å². The molecule has 4 heteroatoms. The lowest BCUT2D eigenvalue weighted by Gasteiger charge is -2.20. The molecule has 1 saturated carbocycles. The van der Waals surface area contributed by atoms with Crippen LogP contribution in [0.4, 0.5) is 0 Å². The van der Waals surface area contributed by atoms with Gasteiger partial charge in [-0.1, -0.05) is 25.3 Å². The summed E-state index contributed by atoms with van der Waals surface area (Å²) in [5.74, 6) is -0.430. The van der Waals surface area contributed by atoms with Crippen molar-refractivity contribution in [1.29, 1.82) is 0 Å². The Morgan fingerprint density at radius 2 is 1.94 bits per heavy atom. The highest BCUT2D eigenvalue weighted by Crippen LogP contribution is 2.25. The lowest BCUT2D eigenvalue weighted by Crippen LogP contribution is -2.26. The zero-order valence-corrected chi connectivity index (χ0v) is 9.45. The Kier molecular flexibility index (Phi) is 5.61. The second-order valence-electron chi connectivity index (χ2n) is 4.25. The summed E-state index contributed by atoms with van der Waals surface area (Å²) in [4.78, 5) is 21.6. The Hall–Kier alpha value is -1.32. The molecule has 0 saturated heterocycles. The molecular weight excluding hydrogens is 206 g/mol. The average Bonchev–Trinajstić information content (AvgIpc) is 2.25. The predicted octanol–water partition coefficient (Wildman–Crippen LogP) is 1.71. The van der Waals surface area contributed by atoms with Gasteiger partial charge in [-0.05, 0) is 18.8 Å².